The lowest BCUT2D eigenvalue weighted by atomic mass is 10.1. The first-order chi connectivity index (χ1) is 15.6. The molecule has 0 saturated heterocycles. The summed E-state index contributed by atoms with van der Waals surface area (Å²) >= 11 is 7.36. The summed E-state index contributed by atoms with van der Waals surface area (Å²) in [5.74, 6) is 0.495. The van der Waals surface area contributed by atoms with Crippen molar-refractivity contribution < 1.29 is 13.9 Å². The smallest absolute Gasteiger partial charge is 0.234 e. The fourth-order valence-corrected chi connectivity index (χ4v) is 4.37. The number of amides is 1. The summed E-state index contributed by atoms with van der Waals surface area (Å²) in [6.45, 7) is 0. The quantitative estimate of drug-likeness (QED) is 0.331. The molecular weight excluding hydrogens is 448 g/mol. The Morgan fingerprint density at radius 3 is 2.84 bits per heavy atom. The van der Waals surface area contributed by atoms with E-state index in [0.717, 1.165) is 22.0 Å². The molecule has 0 fully saturated rings. The molecule has 0 saturated carbocycles. The number of para-hydroxylation sites is 1. The van der Waals surface area contributed by atoms with Gasteiger partial charge >= 0.3 is 0 Å². The minimum atomic E-state index is -0.204. The summed E-state index contributed by atoms with van der Waals surface area (Å²) in [7, 11) is 1.57. The highest BCUT2D eigenvalue weighted by atomic mass is 35.5. The van der Waals surface area contributed by atoms with Crippen molar-refractivity contribution in [2.24, 2.45) is 0 Å². The van der Waals surface area contributed by atoms with E-state index in [2.05, 4.69) is 15.5 Å². The van der Waals surface area contributed by atoms with Crippen molar-refractivity contribution in [1.29, 1.82) is 0 Å². The van der Waals surface area contributed by atoms with Crippen LogP contribution in [0.4, 0.5) is 5.69 Å². The molecule has 0 aliphatic carbocycles. The Kier molecular flexibility index (Phi) is 5.46. The lowest BCUT2D eigenvalue weighted by Crippen LogP contribution is -2.15. The molecule has 0 aliphatic rings. The zero-order chi connectivity index (χ0) is 22.1. The van der Waals surface area contributed by atoms with Gasteiger partial charge in [-0.2, -0.15) is 0 Å². The highest BCUT2D eigenvalue weighted by Crippen LogP contribution is 2.36. The highest BCUT2D eigenvalue weighted by molar-refractivity contribution is 7.99. The average molecular weight is 465 g/mol. The van der Waals surface area contributed by atoms with E-state index in [1.807, 2.05) is 48.5 Å². The van der Waals surface area contributed by atoms with Gasteiger partial charge in [-0.1, -0.05) is 47.6 Å². The maximum Gasteiger partial charge on any atom is 0.234 e. The molecular formula is C23H17ClN4O3S. The zero-order valence-electron chi connectivity index (χ0n) is 16.9. The summed E-state index contributed by atoms with van der Waals surface area (Å²) in [5.41, 5.74) is 2.82. The fraction of sp³-hybridized carbons (Fsp3) is 0.0870. The van der Waals surface area contributed by atoms with Crippen LogP contribution in [0.2, 0.25) is 5.02 Å². The number of aromatic nitrogens is 3. The standard InChI is InChI=1S/C23H17ClN4O3S/c1-30-21-10-17-16-7-2-3-8-19(16)31-20(17)11-18(21)26-22(29)12-32-23-27-25-13-28(23)15-6-4-5-14(24)9-15/h2-11,13H,12H2,1H3,(H,26,29). The number of halogens is 1. The third-order valence-corrected chi connectivity index (χ3v) is 6.09. The Bertz CT molecular complexity index is 1450. The third-order valence-electron chi connectivity index (χ3n) is 4.91. The molecule has 5 aromatic rings. The second-order valence-corrected chi connectivity index (χ2v) is 8.33. The van der Waals surface area contributed by atoms with Crippen LogP contribution >= 0.6 is 23.4 Å². The minimum absolute atomic E-state index is 0.139. The van der Waals surface area contributed by atoms with Gasteiger partial charge in [0.15, 0.2) is 5.16 Å². The van der Waals surface area contributed by atoms with Crippen LogP contribution in [0.1, 0.15) is 0 Å². The van der Waals surface area contributed by atoms with Crippen molar-refractivity contribution >= 4 is 56.9 Å². The molecule has 7 nitrogen and oxygen atoms in total. The van der Waals surface area contributed by atoms with Gasteiger partial charge in [0.05, 0.1) is 24.2 Å². The first kappa shape index (κ1) is 20.4. The molecule has 0 radical (unpaired) electrons. The average Bonchev–Trinajstić information content (AvgIpc) is 3.41. The van der Waals surface area contributed by atoms with Crippen molar-refractivity contribution in [2.45, 2.75) is 5.16 Å². The number of carbonyl (C=O) groups excluding carboxylic acids is 1. The summed E-state index contributed by atoms with van der Waals surface area (Å²) in [4.78, 5) is 12.7. The Balaban J connectivity index is 1.35. The number of hydrogen-bond donors (Lipinski definition) is 1. The van der Waals surface area contributed by atoms with Gasteiger partial charge in [-0.25, -0.2) is 0 Å². The molecule has 9 heteroatoms. The number of hydrogen-bond acceptors (Lipinski definition) is 6. The van der Waals surface area contributed by atoms with Crippen LogP contribution in [0.3, 0.4) is 0 Å². The number of carbonyl (C=O) groups is 1. The van der Waals surface area contributed by atoms with Crippen molar-refractivity contribution in [3.8, 4) is 11.4 Å². The normalized spacial score (nSPS) is 11.2. The largest absolute Gasteiger partial charge is 0.495 e. The van der Waals surface area contributed by atoms with E-state index < -0.39 is 0 Å². The molecule has 0 bridgehead atoms. The van der Waals surface area contributed by atoms with E-state index >= 15 is 0 Å². The summed E-state index contributed by atoms with van der Waals surface area (Å²) < 4.78 is 13.2. The summed E-state index contributed by atoms with van der Waals surface area (Å²) in [5, 5.41) is 14.1. The van der Waals surface area contributed by atoms with Gasteiger partial charge in [0, 0.05) is 21.9 Å². The van der Waals surface area contributed by atoms with E-state index in [1.54, 1.807) is 30.1 Å². The number of furan rings is 1. The van der Waals surface area contributed by atoms with E-state index in [1.165, 1.54) is 11.8 Å². The molecule has 0 aliphatic heterocycles. The number of nitrogens with one attached hydrogen (secondary N) is 1. The van der Waals surface area contributed by atoms with Crippen LogP contribution in [0.15, 0.2) is 76.6 Å². The van der Waals surface area contributed by atoms with Gasteiger partial charge in [0.1, 0.15) is 23.2 Å². The monoisotopic (exact) mass is 464 g/mol. The van der Waals surface area contributed by atoms with Crippen molar-refractivity contribution in [2.75, 3.05) is 18.2 Å². The number of nitrogens with zero attached hydrogens (tertiary/aromatic N) is 3. The van der Waals surface area contributed by atoms with Crippen LogP contribution in [0.5, 0.6) is 5.75 Å². The Hall–Kier alpha value is -3.49. The number of thioether (sulfide) groups is 1. The van der Waals surface area contributed by atoms with Crippen molar-refractivity contribution in [1.82, 2.24) is 14.8 Å². The number of rotatable bonds is 6. The number of methoxy groups -OCH3 is 1. The first-order valence-corrected chi connectivity index (χ1v) is 11.1. The number of anilines is 1. The van der Waals surface area contributed by atoms with Crippen LogP contribution in [-0.2, 0) is 4.79 Å². The van der Waals surface area contributed by atoms with Crippen molar-refractivity contribution in [3.05, 3.63) is 72.0 Å². The number of ether oxygens (including phenoxy) is 1. The molecule has 1 N–H and O–H groups in total. The second kappa shape index (κ2) is 8.57. The van der Waals surface area contributed by atoms with Gasteiger partial charge in [-0.05, 0) is 30.3 Å². The molecule has 1 amide bonds. The zero-order valence-corrected chi connectivity index (χ0v) is 18.5. The maximum absolute atomic E-state index is 12.7. The fourth-order valence-electron chi connectivity index (χ4n) is 3.46. The number of benzene rings is 3. The summed E-state index contributed by atoms with van der Waals surface area (Å²) in [6, 6.07) is 18.8. The van der Waals surface area contributed by atoms with E-state index in [0.29, 0.717) is 27.2 Å². The van der Waals surface area contributed by atoms with Gasteiger partial charge in [0.2, 0.25) is 5.91 Å². The SMILES string of the molecule is COc1cc2c(cc1NC(=O)CSc1nncn1-c1cccc(Cl)c1)oc1ccccc12. The minimum Gasteiger partial charge on any atom is -0.495 e. The van der Waals surface area contributed by atoms with Gasteiger partial charge in [0.25, 0.3) is 0 Å². The Morgan fingerprint density at radius 2 is 2.00 bits per heavy atom. The second-order valence-electron chi connectivity index (χ2n) is 6.95. The molecule has 32 heavy (non-hydrogen) atoms. The molecule has 3 aromatic carbocycles. The van der Waals surface area contributed by atoms with E-state index in [4.69, 9.17) is 20.8 Å². The molecule has 0 unspecified atom stereocenters. The van der Waals surface area contributed by atoms with E-state index in [9.17, 15) is 4.79 Å². The Labute approximate surface area is 192 Å². The lowest BCUT2D eigenvalue weighted by molar-refractivity contribution is -0.113. The Morgan fingerprint density at radius 1 is 1.12 bits per heavy atom. The molecule has 5 rings (SSSR count). The molecule has 0 spiro atoms. The summed E-state index contributed by atoms with van der Waals surface area (Å²) in [6.07, 6.45) is 1.59. The van der Waals surface area contributed by atoms with Gasteiger partial charge < -0.3 is 14.5 Å². The molecule has 160 valence electrons. The molecule has 2 heterocycles. The highest BCUT2D eigenvalue weighted by Gasteiger charge is 2.15. The molecule has 2 aromatic heterocycles. The first-order valence-electron chi connectivity index (χ1n) is 9.70. The predicted molar refractivity (Wildman–Crippen MR) is 126 cm³/mol. The molecule has 0 atom stereocenters. The van der Waals surface area contributed by atoms with Crippen LogP contribution < -0.4 is 10.1 Å². The van der Waals surface area contributed by atoms with Crippen LogP contribution in [0, 0.1) is 0 Å². The van der Waals surface area contributed by atoms with Crippen LogP contribution in [0.25, 0.3) is 27.6 Å². The van der Waals surface area contributed by atoms with Crippen LogP contribution in [-0.4, -0.2) is 33.5 Å². The third kappa shape index (κ3) is 3.90. The predicted octanol–water partition coefficient (Wildman–Crippen LogP) is 5.56. The maximum atomic E-state index is 12.7. The lowest BCUT2D eigenvalue weighted by Gasteiger charge is -2.10. The van der Waals surface area contributed by atoms with E-state index in [-0.39, 0.29) is 11.7 Å². The van der Waals surface area contributed by atoms with Crippen molar-refractivity contribution in [3.63, 3.8) is 0 Å². The topological polar surface area (TPSA) is 82.2 Å². The number of fused-ring (bicyclic) bond motifs is 3. The van der Waals surface area contributed by atoms with Gasteiger partial charge in [-0.15, -0.1) is 10.2 Å². The van der Waals surface area contributed by atoms with Gasteiger partial charge in [-0.3, -0.25) is 9.36 Å².